The summed E-state index contributed by atoms with van der Waals surface area (Å²) in [5.41, 5.74) is 1.38. The Morgan fingerprint density at radius 2 is 2.09 bits per heavy atom. The second-order valence-electron chi connectivity index (χ2n) is 6.00. The summed E-state index contributed by atoms with van der Waals surface area (Å²) in [5, 5.41) is 14.1. The third kappa shape index (κ3) is 4.65. The Balaban J connectivity index is 1.94. The van der Waals surface area contributed by atoms with Crippen LogP contribution in [0.25, 0.3) is 5.69 Å². The molecular formula is C16H23N5O. The van der Waals surface area contributed by atoms with E-state index in [-0.39, 0.29) is 11.9 Å². The van der Waals surface area contributed by atoms with Crippen LogP contribution >= 0.6 is 0 Å². The molecule has 1 aromatic heterocycles. The Kier molecular flexibility index (Phi) is 5.63. The molecule has 1 aromatic carbocycles. The Morgan fingerprint density at radius 3 is 2.77 bits per heavy atom. The van der Waals surface area contributed by atoms with E-state index in [2.05, 4.69) is 34.7 Å². The first kappa shape index (κ1) is 16.1. The summed E-state index contributed by atoms with van der Waals surface area (Å²) in [6, 6.07) is 7.44. The maximum Gasteiger partial charge on any atom is 0.251 e. The minimum absolute atomic E-state index is 0.0630. The highest BCUT2D eigenvalue weighted by atomic mass is 16.1. The molecule has 1 heterocycles. The van der Waals surface area contributed by atoms with Crippen molar-refractivity contribution in [3.05, 3.63) is 36.2 Å². The van der Waals surface area contributed by atoms with Crippen molar-refractivity contribution in [1.29, 1.82) is 0 Å². The Labute approximate surface area is 130 Å². The Bertz CT molecular complexity index is 594. The Morgan fingerprint density at radius 1 is 1.27 bits per heavy atom. The highest BCUT2D eigenvalue weighted by Gasteiger charge is 2.11. The lowest BCUT2D eigenvalue weighted by Gasteiger charge is -2.15. The molecule has 0 unspecified atom stereocenters. The number of nitrogens with zero attached hydrogens (tertiary/aromatic N) is 4. The molecule has 0 spiro atoms. The minimum Gasteiger partial charge on any atom is -0.350 e. The summed E-state index contributed by atoms with van der Waals surface area (Å²) >= 11 is 0. The summed E-state index contributed by atoms with van der Waals surface area (Å²) in [4.78, 5) is 12.3. The number of nitrogens with one attached hydrogen (secondary N) is 1. The number of amides is 1. The van der Waals surface area contributed by atoms with Crippen molar-refractivity contribution in [3.63, 3.8) is 0 Å². The minimum atomic E-state index is -0.0630. The van der Waals surface area contributed by atoms with Gasteiger partial charge in [-0.1, -0.05) is 32.8 Å². The molecule has 22 heavy (non-hydrogen) atoms. The van der Waals surface area contributed by atoms with Crippen LogP contribution in [0, 0.1) is 5.92 Å². The van der Waals surface area contributed by atoms with Gasteiger partial charge in [-0.3, -0.25) is 4.79 Å². The maximum absolute atomic E-state index is 12.3. The van der Waals surface area contributed by atoms with Gasteiger partial charge in [-0.25, -0.2) is 4.68 Å². The van der Waals surface area contributed by atoms with E-state index in [4.69, 9.17) is 0 Å². The van der Waals surface area contributed by atoms with Gasteiger partial charge in [0.15, 0.2) is 0 Å². The van der Waals surface area contributed by atoms with Crippen molar-refractivity contribution in [2.75, 3.05) is 0 Å². The number of carbonyl (C=O) groups is 1. The lowest BCUT2D eigenvalue weighted by molar-refractivity contribution is 0.0937. The van der Waals surface area contributed by atoms with Crippen molar-refractivity contribution in [1.82, 2.24) is 25.5 Å². The molecule has 0 bridgehead atoms. The second-order valence-corrected chi connectivity index (χ2v) is 6.00. The van der Waals surface area contributed by atoms with Gasteiger partial charge in [0.25, 0.3) is 5.91 Å². The number of hydrogen-bond donors (Lipinski definition) is 1. The zero-order valence-electron chi connectivity index (χ0n) is 13.4. The summed E-state index contributed by atoms with van der Waals surface area (Å²) in [7, 11) is 0. The molecule has 0 aliphatic carbocycles. The molecule has 0 aliphatic rings. The number of rotatable bonds is 7. The monoisotopic (exact) mass is 301 g/mol. The molecule has 6 nitrogen and oxygen atoms in total. The number of benzene rings is 1. The summed E-state index contributed by atoms with van der Waals surface area (Å²) in [5.74, 6) is 0.642. The molecule has 1 amide bonds. The number of carbonyl (C=O) groups excluding carboxylic acids is 1. The Hall–Kier alpha value is -2.24. The second kappa shape index (κ2) is 7.68. The molecule has 0 saturated heterocycles. The van der Waals surface area contributed by atoms with Crippen LogP contribution in [0.5, 0.6) is 0 Å². The van der Waals surface area contributed by atoms with Gasteiger partial charge in [0, 0.05) is 11.6 Å². The first-order valence-electron chi connectivity index (χ1n) is 7.70. The molecular weight excluding hydrogens is 278 g/mol. The molecule has 1 atom stereocenters. The fourth-order valence-corrected chi connectivity index (χ4v) is 2.28. The number of tetrazole rings is 1. The zero-order chi connectivity index (χ0) is 15.9. The van der Waals surface area contributed by atoms with Crippen LogP contribution in [0.1, 0.15) is 50.4 Å². The van der Waals surface area contributed by atoms with Crippen molar-refractivity contribution in [3.8, 4) is 5.69 Å². The van der Waals surface area contributed by atoms with Crippen molar-refractivity contribution < 1.29 is 4.79 Å². The topological polar surface area (TPSA) is 72.7 Å². The summed E-state index contributed by atoms with van der Waals surface area (Å²) in [6.07, 6.45) is 4.82. The normalized spacial score (nSPS) is 12.4. The lowest BCUT2D eigenvalue weighted by atomic mass is 10.0. The van der Waals surface area contributed by atoms with Gasteiger partial charge in [0.05, 0.1) is 5.69 Å². The molecule has 0 aliphatic heterocycles. The van der Waals surface area contributed by atoms with E-state index in [1.54, 1.807) is 12.1 Å². The van der Waals surface area contributed by atoms with Gasteiger partial charge in [-0.05, 0) is 47.9 Å². The summed E-state index contributed by atoms with van der Waals surface area (Å²) in [6.45, 7) is 6.48. The largest absolute Gasteiger partial charge is 0.350 e. The van der Waals surface area contributed by atoms with Crippen LogP contribution in [0.2, 0.25) is 0 Å². The van der Waals surface area contributed by atoms with E-state index in [1.165, 1.54) is 17.4 Å². The average molecular weight is 301 g/mol. The fraction of sp³-hybridized carbons (Fsp3) is 0.500. The third-order valence-electron chi connectivity index (χ3n) is 3.52. The van der Waals surface area contributed by atoms with Crippen molar-refractivity contribution >= 4 is 5.91 Å². The predicted octanol–water partition coefficient (Wildman–Crippen LogP) is 2.61. The smallest absolute Gasteiger partial charge is 0.251 e. The molecule has 1 N–H and O–H groups in total. The van der Waals surface area contributed by atoms with Crippen LogP contribution in [0.15, 0.2) is 30.6 Å². The van der Waals surface area contributed by atoms with Gasteiger partial charge < -0.3 is 5.32 Å². The highest BCUT2D eigenvalue weighted by molar-refractivity contribution is 5.94. The molecule has 0 fully saturated rings. The predicted molar refractivity (Wildman–Crippen MR) is 84.8 cm³/mol. The highest BCUT2D eigenvalue weighted by Crippen LogP contribution is 2.11. The maximum atomic E-state index is 12.3. The SMILES string of the molecule is CC(C)CCC[C@@H](C)NC(=O)c1cccc(-n2cnnn2)c1. The summed E-state index contributed by atoms with van der Waals surface area (Å²) < 4.78 is 1.53. The molecule has 6 heteroatoms. The fourth-order valence-electron chi connectivity index (χ4n) is 2.28. The molecule has 0 saturated carbocycles. The van der Waals surface area contributed by atoms with E-state index >= 15 is 0 Å². The number of aromatic nitrogens is 4. The molecule has 118 valence electrons. The van der Waals surface area contributed by atoms with Crippen molar-refractivity contribution in [2.24, 2.45) is 5.92 Å². The van der Waals surface area contributed by atoms with Crippen LogP contribution in [0.4, 0.5) is 0 Å². The van der Waals surface area contributed by atoms with Crippen LogP contribution in [-0.4, -0.2) is 32.2 Å². The van der Waals surface area contributed by atoms with E-state index in [0.29, 0.717) is 11.5 Å². The van der Waals surface area contributed by atoms with Gasteiger partial charge in [-0.2, -0.15) is 0 Å². The first-order valence-corrected chi connectivity index (χ1v) is 7.70. The van der Waals surface area contributed by atoms with Crippen LogP contribution in [0.3, 0.4) is 0 Å². The lowest BCUT2D eigenvalue weighted by Crippen LogP contribution is -2.32. The van der Waals surface area contributed by atoms with Gasteiger partial charge in [0.1, 0.15) is 6.33 Å². The standard InChI is InChI=1S/C16H23N5O/c1-12(2)6-4-7-13(3)18-16(22)14-8-5-9-15(10-14)21-11-17-19-20-21/h5,8-13H,4,6-7H2,1-3H3,(H,18,22)/t13-/m1/s1. The zero-order valence-corrected chi connectivity index (χ0v) is 13.4. The van der Waals surface area contributed by atoms with Gasteiger partial charge in [0.2, 0.25) is 0 Å². The van der Waals surface area contributed by atoms with Gasteiger partial charge in [-0.15, -0.1) is 5.10 Å². The molecule has 2 aromatic rings. The van der Waals surface area contributed by atoms with E-state index < -0.39 is 0 Å². The third-order valence-corrected chi connectivity index (χ3v) is 3.52. The van der Waals surface area contributed by atoms with E-state index in [9.17, 15) is 4.79 Å². The van der Waals surface area contributed by atoms with Crippen LogP contribution < -0.4 is 5.32 Å². The number of hydrogen-bond acceptors (Lipinski definition) is 4. The quantitative estimate of drug-likeness (QED) is 0.853. The van der Waals surface area contributed by atoms with E-state index in [0.717, 1.165) is 18.5 Å². The van der Waals surface area contributed by atoms with Crippen molar-refractivity contribution in [2.45, 2.75) is 46.1 Å². The van der Waals surface area contributed by atoms with Crippen LogP contribution in [-0.2, 0) is 0 Å². The molecule has 2 rings (SSSR count). The van der Waals surface area contributed by atoms with E-state index in [1.807, 2.05) is 19.1 Å². The van der Waals surface area contributed by atoms with Gasteiger partial charge >= 0.3 is 0 Å². The average Bonchev–Trinajstić information content (AvgIpc) is 3.01. The first-order chi connectivity index (χ1) is 10.6. The molecule has 0 radical (unpaired) electrons.